The van der Waals surface area contributed by atoms with Crippen LogP contribution in [0.4, 0.5) is 0 Å². The zero-order valence-corrected chi connectivity index (χ0v) is 15.9. The highest BCUT2D eigenvalue weighted by Crippen LogP contribution is 2.32. The van der Waals surface area contributed by atoms with Crippen molar-refractivity contribution in [2.75, 3.05) is 5.75 Å². The Morgan fingerprint density at radius 3 is 2.86 bits per heavy atom. The standard InChI is InChI=1S/C22H18N4OS/c27-20(13-28-22-24-18-6-1-2-7-19(18)25-22)26-23-12-16-11-10-15-9-8-14-4-3-5-17(16)21(14)15/h1-7,10-12H,8-9,13H2,(H,24,25)(H,26,27)/b23-12-. The van der Waals surface area contributed by atoms with Crippen LogP contribution in [0.25, 0.3) is 21.8 Å². The lowest BCUT2D eigenvalue weighted by atomic mass is 10.0. The summed E-state index contributed by atoms with van der Waals surface area (Å²) < 4.78 is 0. The van der Waals surface area contributed by atoms with Crippen LogP contribution in [0.15, 0.2) is 64.9 Å². The first-order chi connectivity index (χ1) is 13.8. The summed E-state index contributed by atoms with van der Waals surface area (Å²) in [5.74, 6) is 0.0914. The van der Waals surface area contributed by atoms with E-state index in [0.29, 0.717) is 0 Å². The van der Waals surface area contributed by atoms with E-state index in [-0.39, 0.29) is 11.7 Å². The van der Waals surface area contributed by atoms with E-state index in [4.69, 9.17) is 0 Å². The van der Waals surface area contributed by atoms with Crippen LogP contribution in [-0.2, 0) is 17.6 Å². The van der Waals surface area contributed by atoms with Crippen LogP contribution in [0, 0.1) is 0 Å². The third kappa shape index (κ3) is 3.16. The number of nitrogens with one attached hydrogen (secondary N) is 2. The Kier molecular flexibility index (Phi) is 4.33. The number of hydrazone groups is 1. The molecular formula is C22H18N4OS. The topological polar surface area (TPSA) is 70.1 Å². The van der Waals surface area contributed by atoms with Gasteiger partial charge in [-0.15, -0.1) is 0 Å². The number of para-hydroxylation sites is 2. The van der Waals surface area contributed by atoms with Gasteiger partial charge in [0.25, 0.3) is 5.91 Å². The SMILES string of the molecule is O=C(CSc1nc2ccccc2[nH]1)N/N=C\c1ccc2c3c(cccc13)CC2. The zero-order chi connectivity index (χ0) is 18.9. The van der Waals surface area contributed by atoms with Crippen molar-refractivity contribution < 1.29 is 4.79 Å². The molecule has 28 heavy (non-hydrogen) atoms. The molecule has 1 aliphatic rings. The number of imidazole rings is 1. The number of aryl methyl sites for hydroxylation is 2. The fraction of sp³-hybridized carbons (Fsp3) is 0.136. The van der Waals surface area contributed by atoms with E-state index in [2.05, 4.69) is 50.8 Å². The monoisotopic (exact) mass is 386 g/mol. The van der Waals surface area contributed by atoms with Crippen molar-refractivity contribution in [3.05, 3.63) is 71.3 Å². The molecule has 0 fully saturated rings. The molecule has 0 saturated heterocycles. The predicted octanol–water partition coefficient (Wildman–Crippen LogP) is 4.06. The molecule has 3 aromatic carbocycles. The van der Waals surface area contributed by atoms with Crippen molar-refractivity contribution in [1.29, 1.82) is 0 Å². The van der Waals surface area contributed by atoms with Gasteiger partial charge >= 0.3 is 0 Å². The Balaban J connectivity index is 1.24. The minimum absolute atomic E-state index is 0.160. The average Bonchev–Trinajstić information content (AvgIpc) is 3.33. The van der Waals surface area contributed by atoms with Gasteiger partial charge in [-0.25, -0.2) is 10.4 Å². The van der Waals surface area contributed by atoms with Gasteiger partial charge in [-0.3, -0.25) is 4.79 Å². The van der Waals surface area contributed by atoms with Crippen LogP contribution in [0.5, 0.6) is 0 Å². The van der Waals surface area contributed by atoms with E-state index in [9.17, 15) is 4.79 Å². The number of aromatic amines is 1. The lowest BCUT2D eigenvalue weighted by molar-refractivity contribution is -0.118. The Morgan fingerprint density at radius 1 is 1.11 bits per heavy atom. The normalized spacial score (nSPS) is 13.0. The molecule has 2 N–H and O–H groups in total. The summed E-state index contributed by atoms with van der Waals surface area (Å²) >= 11 is 1.36. The molecule has 0 aliphatic heterocycles. The van der Waals surface area contributed by atoms with Crippen LogP contribution in [0.2, 0.25) is 0 Å². The molecule has 5 nitrogen and oxygen atoms in total. The third-order valence-corrected chi connectivity index (χ3v) is 5.88. The Morgan fingerprint density at radius 2 is 1.96 bits per heavy atom. The summed E-state index contributed by atoms with van der Waals surface area (Å²) in [7, 11) is 0. The molecule has 0 bridgehead atoms. The van der Waals surface area contributed by atoms with E-state index in [1.165, 1.54) is 33.7 Å². The summed E-state index contributed by atoms with van der Waals surface area (Å²) in [6, 6.07) is 18.5. The molecule has 0 spiro atoms. The molecule has 138 valence electrons. The van der Waals surface area contributed by atoms with Gasteiger partial charge in [0.1, 0.15) is 0 Å². The number of amides is 1. The van der Waals surface area contributed by atoms with Gasteiger partial charge in [-0.1, -0.05) is 54.2 Å². The second-order valence-corrected chi connectivity index (χ2v) is 7.76. The highest BCUT2D eigenvalue weighted by atomic mass is 32.2. The fourth-order valence-corrected chi connectivity index (χ4v) is 4.40. The first-order valence-electron chi connectivity index (χ1n) is 9.21. The second-order valence-electron chi connectivity index (χ2n) is 6.79. The average molecular weight is 386 g/mol. The maximum Gasteiger partial charge on any atom is 0.250 e. The molecule has 0 saturated carbocycles. The van der Waals surface area contributed by atoms with Crippen LogP contribution in [0.1, 0.15) is 16.7 Å². The number of rotatable bonds is 5. The molecule has 1 heterocycles. The first kappa shape index (κ1) is 17.0. The first-order valence-corrected chi connectivity index (χ1v) is 10.2. The summed E-state index contributed by atoms with van der Waals surface area (Å²) in [6.45, 7) is 0. The number of aromatic nitrogens is 2. The maximum absolute atomic E-state index is 12.1. The quantitative estimate of drug-likeness (QED) is 0.309. The van der Waals surface area contributed by atoms with Crippen molar-refractivity contribution >= 4 is 45.7 Å². The summed E-state index contributed by atoms with van der Waals surface area (Å²) in [6.07, 6.45) is 3.93. The number of thioether (sulfide) groups is 1. The minimum Gasteiger partial charge on any atom is -0.333 e. The molecule has 1 aliphatic carbocycles. The summed E-state index contributed by atoms with van der Waals surface area (Å²) in [5, 5.41) is 7.43. The third-order valence-electron chi connectivity index (χ3n) is 5.01. The highest BCUT2D eigenvalue weighted by Gasteiger charge is 2.15. The van der Waals surface area contributed by atoms with Crippen LogP contribution < -0.4 is 5.43 Å². The van der Waals surface area contributed by atoms with Gasteiger partial charge in [0.05, 0.1) is 23.0 Å². The van der Waals surface area contributed by atoms with E-state index in [0.717, 1.165) is 34.6 Å². The molecule has 1 amide bonds. The van der Waals surface area contributed by atoms with E-state index >= 15 is 0 Å². The Bertz CT molecular complexity index is 1180. The molecule has 0 unspecified atom stereocenters. The minimum atomic E-state index is -0.160. The Labute approximate surface area is 166 Å². The molecule has 4 aromatic rings. The van der Waals surface area contributed by atoms with Gasteiger partial charge in [-0.2, -0.15) is 5.10 Å². The molecule has 0 radical (unpaired) electrons. The number of carbonyl (C=O) groups excluding carboxylic acids is 1. The lowest BCUT2D eigenvalue weighted by Crippen LogP contribution is -2.19. The van der Waals surface area contributed by atoms with Crippen LogP contribution >= 0.6 is 11.8 Å². The second kappa shape index (κ2) is 7.13. The van der Waals surface area contributed by atoms with Crippen molar-refractivity contribution in [2.45, 2.75) is 18.0 Å². The number of nitrogens with zero attached hydrogens (tertiary/aromatic N) is 2. The molecule has 5 rings (SSSR count). The van der Waals surface area contributed by atoms with E-state index in [1.54, 1.807) is 6.21 Å². The lowest BCUT2D eigenvalue weighted by Gasteiger charge is -2.05. The van der Waals surface area contributed by atoms with E-state index < -0.39 is 0 Å². The molecule has 1 aromatic heterocycles. The largest absolute Gasteiger partial charge is 0.333 e. The maximum atomic E-state index is 12.1. The highest BCUT2D eigenvalue weighted by molar-refractivity contribution is 7.99. The zero-order valence-electron chi connectivity index (χ0n) is 15.1. The number of hydrogen-bond acceptors (Lipinski definition) is 4. The van der Waals surface area contributed by atoms with Gasteiger partial charge < -0.3 is 4.98 Å². The van der Waals surface area contributed by atoms with Crippen molar-refractivity contribution in [3.63, 3.8) is 0 Å². The number of fused-ring (bicyclic) bond motifs is 1. The van der Waals surface area contributed by atoms with Crippen LogP contribution in [0.3, 0.4) is 0 Å². The molecular weight excluding hydrogens is 368 g/mol. The number of H-pyrrole nitrogens is 1. The predicted molar refractivity (Wildman–Crippen MR) is 114 cm³/mol. The van der Waals surface area contributed by atoms with Gasteiger partial charge in [0, 0.05) is 5.56 Å². The van der Waals surface area contributed by atoms with Gasteiger partial charge in [-0.05, 0) is 46.9 Å². The number of benzene rings is 3. The summed E-state index contributed by atoms with van der Waals surface area (Å²) in [5.41, 5.74) is 8.29. The molecule has 6 heteroatoms. The van der Waals surface area contributed by atoms with Crippen LogP contribution in [-0.4, -0.2) is 27.8 Å². The molecule has 0 atom stereocenters. The van der Waals surface area contributed by atoms with Gasteiger partial charge in [0.15, 0.2) is 5.16 Å². The number of hydrogen-bond donors (Lipinski definition) is 2. The van der Waals surface area contributed by atoms with Crippen molar-refractivity contribution in [2.24, 2.45) is 5.10 Å². The van der Waals surface area contributed by atoms with Gasteiger partial charge in [0.2, 0.25) is 0 Å². The van der Waals surface area contributed by atoms with Crippen molar-refractivity contribution in [1.82, 2.24) is 15.4 Å². The number of carbonyl (C=O) groups is 1. The Hall–Kier alpha value is -3.12. The van der Waals surface area contributed by atoms with Crippen molar-refractivity contribution in [3.8, 4) is 0 Å². The smallest absolute Gasteiger partial charge is 0.250 e. The fourth-order valence-electron chi connectivity index (χ4n) is 3.72. The van der Waals surface area contributed by atoms with E-state index in [1.807, 2.05) is 24.3 Å². The summed E-state index contributed by atoms with van der Waals surface area (Å²) in [4.78, 5) is 19.8.